The first-order chi connectivity index (χ1) is 17.8. The van der Waals surface area contributed by atoms with E-state index in [9.17, 15) is 0 Å². The second-order valence-corrected chi connectivity index (χ2v) is 9.75. The number of anilines is 1. The van der Waals surface area contributed by atoms with Gasteiger partial charge in [-0.2, -0.15) is 0 Å². The van der Waals surface area contributed by atoms with Gasteiger partial charge < -0.3 is 19.7 Å². The van der Waals surface area contributed by atoms with Crippen LogP contribution < -0.4 is 19.7 Å². The molecule has 1 unspecified atom stereocenters. The summed E-state index contributed by atoms with van der Waals surface area (Å²) in [5.41, 5.74) is 5.29. The third-order valence-corrected chi connectivity index (χ3v) is 7.28. The predicted octanol–water partition coefficient (Wildman–Crippen LogP) is 5.30. The summed E-state index contributed by atoms with van der Waals surface area (Å²) in [6.07, 6.45) is 3.25. The number of fused-ring (bicyclic) bond motifs is 1. The molecule has 2 aliphatic heterocycles. The Hall–Kier alpha value is -3.02. The predicted molar refractivity (Wildman–Crippen MR) is 147 cm³/mol. The maximum Gasteiger partial charge on any atom is 0.119 e. The fraction of sp³-hybridized carbons (Fsp3) is 0.419. The van der Waals surface area contributed by atoms with Gasteiger partial charge in [-0.25, -0.2) is 0 Å². The number of unbranched alkanes of at least 4 members (excludes halogenated alkanes) is 1. The topological polar surface area (TPSA) is 37.0 Å². The van der Waals surface area contributed by atoms with Gasteiger partial charge in [0.1, 0.15) is 18.1 Å². The van der Waals surface area contributed by atoms with Crippen molar-refractivity contribution in [2.75, 3.05) is 57.4 Å². The van der Waals surface area contributed by atoms with Crippen LogP contribution in [0.3, 0.4) is 0 Å². The fourth-order valence-corrected chi connectivity index (χ4v) is 5.26. The molecule has 5 rings (SSSR count). The van der Waals surface area contributed by atoms with Crippen LogP contribution in [0.25, 0.3) is 0 Å². The van der Waals surface area contributed by atoms with Crippen molar-refractivity contribution in [3.63, 3.8) is 0 Å². The number of benzene rings is 3. The van der Waals surface area contributed by atoms with E-state index in [0.29, 0.717) is 0 Å². The summed E-state index contributed by atoms with van der Waals surface area (Å²) in [7, 11) is 0. The molecule has 1 atom stereocenters. The van der Waals surface area contributed by atoms with Crippen LogP contribution in [0.1, 0.15) is 42.5 Å². The van der Waals surface area contributed by atoms with Gasteiger partial charge in [0.15, 0.2) is 0 Å². The summed E-state index contributed by atoms with van der Waals surface area (Å²) < 4.78 is 12.1. The van der Waals surface area contributed by atoms with Gasteiger partial charge in [0.2, 0.25) is 0 Å². The Balaban J connectivity index is 1.34. The van der Waals surface area contributed by atoms with Gasteiger partial charge in [0, 0.05) is 45.0 Å². The van der Waals surface area contributed by atoms with Crippen LogP contribution in [-0.2, 0) is 6.42 Å². The number of para-hydroxylation sites is 1. The Morgan fingerprint density at radius 3 is 2.36 bits per heavy atom. The molecule has 2 aliphatic rings. The van der Waals surface area contributed by atoms with E-state index < -0.39 is 0 Å². The third-order valence-electron chi connectivity index (χ3n) is 7.28. The lowest BCUT2D eigenvalue weighted by Gasteiger charge is -2.39. The number of ether oxygens (including phenoxy) is 2. The van der Waals surface area contributed by atoms with Crippen LogP contribution >= 0.6 is 0 Å². The van der Waals surface area contributed by atoms with Crippen molar-refractivity contribution in [3.8, 4) is 11.5 Å². The highest BCUT2D eigenvalue weighted by molar-refractivity contribution is 5.57. The molecule has 1 saturated heterocycles. The number of nitrogens with zero attached hydrogens (tertiary/aromatic N) is 2. The molecule has 1 N–H and O–H groups in total. The van der Waals surface area contributed by atoms with E-state index in [4.69, 9.17) is 9.47 Å². The molecule has 190 valence electrons. The van der Waals surface area contributed by atoms with Crippen molar-refractivity contribution in [2.45, 2.75) is 32.2 Å². The number of nitrogens with one attached hydrogen (secondary N) is 1. The highest BCUT2D eigenvalue weighted by Gasteiger charge is 2.29. The van der Waals surface area contributed by atoms with E-state index in [1.807, 2.05) is 0 Å². The first kappa shape index (κ1) is 24.7. The van der Waals surface area contributed by atoms with E-state index in [1.165, 1.54) is 22.4 Å². The van der Waals surface area contributed by atoms with Gasteiger partial charge in [-0.15, -0.1) is 0 Å². The summed E-state index contributed by atoms with van der Waals surface area (Å²) in [6, 6.07) is 26.3. The smallest absolute Gasteiger partial charge is 0.119 e. The highest BCUT2D eigenvalue weighted by Crippen LogP contribution is 2.39. The zero-order valence-electron chi connectivity index (χ0n) is 21.5. The molecule has 0 aliphatic carbocycles. The zero-order valence-corrected chi connectivity index (χ0v) is 21.5. The Kier molecular flexibility index (Phi) is 8.42. The number of piperazine rings is 1. The normalized spacial score (nSPS) is 18.0. The summed E-state index contributed by atoms with van der Waals surface area (Å²) in [5.74, 6) is 1.93. The van der Waals surface area contributed by atoms with Crippen LogP contribution in [0.4, 0.5) is 5.69 Å². The van der Waals surface area contributed by atoms with Crippen molar-refractivity contribution in [1.29, 1.82) is 0 Å². The molecule has 1 fully saturated rings. The van der Waals surface area contributed by atoms with Gasteiger partial charge in [-0.3, -0.25) is 4.90 Å². The average molecular weight is 486 g/mol. The second kappa shape index (κ2) is 12.3. The van der Waals surface area contributed by atoms with Gasteiger partial charge in [-0.05, 0) is 65.9 Å². The maximum absolute atomic E-state index is 6.10. The fourth-order valence-electron chi connectivity index (χ4n) is 5.26. The van der Waals surface area contributed by atoms with Gasteiger partial charge >= 0.3 is 0 Å². The number of hydrogen-bond donors (Lipinski definition) is 1. The van der Waals surface area contributed by atoms with Crippen molar-refractivity contribution in [3.05, 3.63) is 89.5 Å². The molecule has 0 bridgehead atoms. The van der Waals surface area contributed by atoms with Crippen LogP contribution in [-0.4, -0.2) is 57.4 Å². The Morgan fingerprint density at radius 1 is 0.833 bits per heavy atom. The van der Waals surface area contributed by atoms with Gasteiger partial charge in [-0.1, -0.05) is 49.7 Å². The highest BCUT2D eigenvalue weighted by atomic mass is 16.5. The molecule has 5 heteroatoms. The molecule has 0 radical (unpaired) electrons. The van der Waals surface area contributed by atoms with Gasteiger partial charge in [0.25, 0.3) is 0 Å². The lowest BCUT2D eigenvalue weighted by atomic mass is 9.87. The molecular weight excluding hydrogens is 446 g/mol. The molecule has 0 amide bonds. The minimum atomic E-state index is 0.163. The van der Waals surface area contributed by atoms with Crippen LogP contribution in [0.15, 0.2) is 72.8 Å². The SMILES string of the molecule is CCCCOc1ccc2c(c1)CCN(c1ccccc1)C2c1ccc(OCCN2CCNCC2)cc1. The lowest BCUT2D eigenvalue weighted by molar-refractivity contribution is 0.191. The van der Waals surface area contributed by atoms with Crippen molar-refractivity contribution in [1.82, 2.24) is 10.2 Å². The van der Waals surface area contributed by atoms with Crippen LogP contribution in [0.2, 0.25) is 0 Å². The van der Waals surface area contributed by atoms with Crippen molar-refractivity contribution < 1.29 is 9.47 Å². The molecule has 0 aromatic heterocycles. The Labute approximate surface area is 216 Å². The Bertz CT molecular complexity index is 1080. The monoisotopic (exact) mass is 485 g/mol. The van der Waals surface area contributed by atoms with E-state index >= 15 is 0 Å². The number of hydrogen-bond acceptors (Lipinski definition) is 5. The van der Waals surface area contributed by atoms with E-state index in [2.05, 4.69) is 94.8 Å². The average Bonchev–Trinajstić information content (AvgIpc) is 2.94. The molecule has 36 heavy (non-hydrogen) atoms. The second-order valence-electron chi connectivity index (χ2n) is 9.75. The molecular formula is C31H39N3O2. The summed E-state index contributed by atoms with van der Waals surface area (Å²) in [5, 5.41) is 3.40. The summed E-state index contributed by atoms with van der Waals surface area (Å²) in [4.78, 5) is 4.99. The molecule has 3 aromatic rings. The maximum atomic E-state index is 6.10. The molecule has 5 nitrogen and oxygen atoms in total. The van der Waals surface area contributed by atoms with Crippen molar-refractivity contribution in [2.24, 2.45) is 0 Å². The first-order valence-corrected chi connectivity index (χ1v) is 13.5. The molecule has 0 saturated carbocycles. The Morgan fingerprint density at radius 2 is 1.58 bits per heavy atom. The van der Waals surface area contributed by atoms with E-state index in [0.717, 1.165) is 83.2 Å². The first-order valence-electron chi connectivity index (χ1n) is 13.5. The van der Waals surface area contributed by atoms with Crippen LogP contribution in [0, 0.1) is 0 Å². The summed E-state index contributed by atoms with van der Waals surface area (Å²) in [6.45, 7) is 10.00. The van der Waals surface area contributed by atoms with E-state index in [1.54, 1.807) is 0 Å². The molecule has 0 spiro atoms. The summed E-state index contributed by atoms with van der Waals surface area (Å²) >= 11 is 0. The standard InChI is InChI=1S/C31H39N3O2/c1-2-3-22-35-29-13-14-30-26(24-29)15-18-34(27-7-5-4-6-8-27)31(30)25-9-11-28(12-10-25)36-23-21-33-19-16-32-17-20-33/h4-14,24,31-32H,2-3,15-23H2,1H3. The van der Waals surface area contributed by atoms with Crippen molar-refractivity contribution >= 4 is 5.69 Å². The number of rotatable bonds is 10. The largest absolute Gasteiger partial charge is 0.494 e. The minimum Gasteiger partial charge on any atom is -0.494 e. The van der Waals surface area contributed by atoms with E-state index in [-0.39, 0.29) is 6.04 Å². The zero-order chi connectivity index (χ0) is 24.6. The molecule has 3 aromatic carbocycles. The van der Waals surface area contributed by atoms with Gasteiger partial charge in [0.05, 0.1) is 12.6 Å². The van der Waals surface area contributed by atoms with Crippen LogP contribution in [0.5, 0.6) is 11.5 Å². The molecule has 2 heterocycles. The quantitative estimate of drug-likeness (QED) is 0.394. The third kappa shape index (κ3) is 6.03. The minimum absolute atomic E-state index is 0.163. The lowest BCUT2D eigenvalue weighted by Crippen LogP contribution is -2.44.